The molecule has 3 rings (SSSR count). The predicted molar refractivity (Wildman–Crippen MR) is 86.4 cm³/mol. The number of benzene rings is 1. The molecule has 2 heterocycles. The van der Waals surface area contributed by atoms with Crippen LogP contribution in [-0.4, -0.2) is 9.97 Å². The molecule has 0 bridgehead atoms. The number of nitriles is 2. The molecule has 1 aromatic carbocycles. The molecule has 6 nitrogen and oxygen atoms in total. The smallest absolute Gasteiger partial charge is 0.268 e. The normalized spacial score (nSPS) is 10.2. The van der Waals surface area contributed by atoms with E-state index in [0.29, 0.717) is 11.1 Å². The molecule has 0 atom stereocenters. The Bertz CT molecular complexity index is 1080. The van der Waals surface area contributed by atoms with Crippen molar-refractivity contribution in [3.8, 4) is 23.3 Å². The van der Waals surface area contributed by atoms with Crippen molar-refractivity contribution in [2.45, 2.75) is 6.92 Å². The van der Waals surface area contributed by atoms with Crippen LogP contribution in [-0.2, 0) is 0 Å². The third-order valence-electron chi connectivity index (χ3n) is 3.71. The maximum Gasteiger partial charge on any atom is 0.268 e. The number of anilines is 1. The van der Waals surface area contributed by atoms with E-state index < -0.39 is 5.56 Å². The lowest BCUT2D eigenvalue weighted by atomic mass is 9.90. The van der Waals surface area contributed by atoms with Crippen LogP contribution in [0.5, 0.6) is 0 Å². The Morgan fingerprint density at radius 2 is 1.87 bits per heavy atom. The van der Waals surface area contributed by atoms with Crippen molar-refractivity contribution in [1.29, 1.82) is 10.5 Å². The minimum absolute atomic E-state index is 0.0493. The quantitative estimate of drug-likeness (QED) is 0.714. The van der Waals surface area contributed by atoms with E-state index in [0.717, 1.165) is 10.9 Å². The van der Waals surface area contributed by atoms with Gasteiger partial charge in [0.1, 0.15) is 29.1 Å². The van der Waals surface area contributed by atoms with Crippen molar-refractivity contribution in [2.75, 3.05) is 5.73 Å². The third-order valence-corrected chi connectivity index (χ3v) is 3.71. The van der Waals surface area contributed by atoms with Crippen LogP contribution in [0.15, 0.2) is 35.3 Å². The molecule has 6 heteroatoms. The lowest BCUT2D eigenvalue weighted by molar-refractivity contribution is 1.21. The summed E-state index contributed by atoms with van der Waals surface area (Å²) in [4.78, 5) is 18.7. The van der Waals surface area contributed by atoms with Gasteiger partial charge in [-0.1, -0.05) is 12.1 Å². The summed E-state index contributed by atoms with van der Waals surface area (Å²) in [6, 6.07) is 11.2. The van der Waals surface area contributed by atoms with E-state index in [1.165, 1.54) is 0 Å². The number of nitrogens with one attached hydrogen (secondary N) is 1. The Morgan fingerprint density at radius 1 is 1.13 bits per heavy atom. The number of hydrogen-bond acceptors (Lipinski definition) is 5. The van der Waals surface area contributed by atoms with Crippen molar-refractivity contribution < 1.29 is 0 Å². The maximum absolute atomic E-state index is 12.1. The monoisotopic (exact) mass is 301 g/mol. The molecule has 2 aromatic heterocycles. The van der Waals surface area contributed by atoms with Gasteiger partial charge in [0.25, 0.3) is 5.56 Å². The van der Waals surface area contributed by atoms with Gasteiger partial charge in [-0.2, -0.15) is 10.5 Å². The van der Waals surface area contributed by atoms with Crippen molar-refractivity contribution >= 4 is 16.7 Å². The molecule has 0 aliphatic carbocycles. The molecule has 110 valence electrons. The van der Waals surface area contributed by atoms with Gasteiger partial charge >= 0.3 is 0 Å². The van der Waals surface area contributed by atoms with Crippen LogP contribution >= 0.6 is 0 Å². The van der Waals surface area contributed by atoms with Crippen molar-refractivity contribution in [2.24, 2.45) is 0 Å². The number of rotatable bonds is 1. The first-order chi connectivity index (χ1) is 11.1. The molecular formula is C17H11N5O. The standard InChI is InChI=1S/C17H11N5O/c1-9-4-5-13-10(3-2-6-21-13)14(9)15-11(7-18)16(20)22-17(23)12(15)8-19/h2-6H,1H3,(H3,20,22,23). The Hall–Kier alpha value is -3.64. The molecule has 0 radical (unpaired) electrons. The SMILES string of the molecule is Cc1ccc2ncccc2c1-c1c(C#N)c(N)[nH]c(=O)c1C#N. The van der Waals surface area contributed by atoms with E-state index in [1.807, 2.05) is 37.3 Å². The highest BCUT2D eigenvalue weighted by Crippen LogP contribution is 2.35. The van der Waals surface area contributed by atoms with Crippen LogP contribution in [0.1, 0.15) is 16.7 Å². The van der Waals surface area contributed by atoms with Crippen molar-refractivity contribution in [3.05, 3.63) is 57.5 Å². The van der Waals surface area contributed by atoms with E-state index >= 15 is 0 Å². The second-order valence-corrected chi connectivity index (χ2v) is 5.04. The van der Waals surface area contributed by atoms with Gasteiger partial charge in [0, 0.05) is 17.1 Å². The zero-order valence-corrected chi connectivity index (χ0v) is 12.2. The number of nitrogens with zero attached hydrogens (tertiary/aromatic N) is 3. The van der Waals surface area contributed by atoms with Gasteiger partial charge in [-0.3, -0.25) is 9.78 Å². The van der Waals surface area contributed by atoms with Crippen LogP contribution in [0.3, 0.4) is 0 Å². The summed E-state index contributed by atoms with van der Waals surface area (Å²) in [5.74, 6) is -0.0493. The number of H-pyrrole nitrogens is 1. The molecule has 3 aromatic rings. The zero-order chi connectivity index (χ0) is 16.6. The average Bonchev–Trinajstić information content (AvgIpc) is 2.54. The first-order valence-corrected chi connectivity index (χ1v) is 6.79. The summed E-state index contributed by atoms with van der Waals surface area (Å²) in [6.07, 6.45) is 1.66. The van der Waals surface area contributed by atoms with Gasteiger partial charge < -0.3 is 10.7 Å². The molecule has 0 aliphatic rings. The predicted octanol–water partition coefficient (Wildman–Crippen LogP) is 2.22. The molecule has 0 saturated carbocycles. The fourth-order valence-corrected chi connectivity index (χ4v) is 2.69. The summed E-state index contributed by atoms with van der Waals surface area (Å²) < 4.78 is 0. The summed E-state index contributed by atoms with van der Waals surface area (Å²) in [5, 5.41) is 19.6. The van der Waals surface area contributed by atoms with Gasteiger partial charge in [0.05, 0.1) is 5.52 Å². The van der Waals surface area contributed by atoms with Crippen LogP contribution in [0.4, 0.5) is 5.82 Å². The number of nitrogen functional groups attached to an aromatic ring is 1. The summed E-state index contributed by atoms with van der Waals surface area (Å²) in [6.45, 7) is 1.85. The average molecular weight is 301 g/mol. The van der Waals surface area contributed by atoms with E-state index in [9.17, 15) is 15.3 Å². The second-order valence-electron chi connectivity index (χ2n) is 5.04. The van der Waals surface area contributed by atoms with Gasteiger partial charge in [-0.25, -0.2) is 0 Å². The van der Waals surface area contributed by atoms with Crippen LogP contribution in [0.2, 0.25) is 0 Å². The van der Waals surface area contributed by atoms with E-state index in [1.54, 1.807) is 12.3 Å². The van der Waals surface area contributed by atoms with Crippen molar-refractivity contribution in [1.82, 2.24) is 9.97 Å². The number of fused-ring (bicyclic) bond motifs is 1. The molecule has 0 saturated heterocycles. The Labute approximate surface area is 131 Å². The molecular weight excluding hydrogens is 290 g/mol. The van der Waals surface area contributed by atoms with Gasteiger partial charge in [-0.15, -0.1) is 0 Å². The number of aryl methyl sites for hydroxylation is 1. The van der Waals surface area contributed by atoms with Gasteiger partial charge in [-0.05, 0) is 30.2 Å². The lowest BCUT2D eigenvalue weighted by Gasteiger charge is -2.14. The number of aromatic nitrogens is 2. The first kappa shape index (κ1) is 14.3. The van der Waals surface area contributed by atoms with E-state index in [2.05, 4.69) is 9.97 Å². The number of hydrogen-bond donors (Lipinski definition) is 2. The molecule has 0 spiro atoms. The van der Waals surface area contributed by atoms with E-state index in [4.69, 9.17) is 5.73 Å². The minimum atomic E-state index is -0.612. The van der Waals surface area contributed by atoms with Crippen LogP contribution in [0.25, 0.3) is 22.0 Å². The zero-order valence-electron chi connectivity index (χ0n) is 12.2. The first-order valence-electron chi connectivity index (χ1n) is 6.79. The maximum atomic E-state index is 12.1. The Balaban J connectivity index is 2.60. The number of nitrogens with two attached hydrogens (primary N) is 1. The second kappa shape index (κ2) is 5.28. The highest BCUT2D eigenvalue weighted by molar-refractivity contribution is 5.99. The van der Waals surface area contributed by atoms with Crippen LogP contribution in [0, 0.1) is 29.6 Å². The minimum Gasteiger partial charge on any atom is -0.384 e. The van der Waals surface area contributed by atoms with Crippen LogP contribution < -0.4 is 11.3 Å². The molecule has 23 heavy (non-hydrogen) atoms. The third kappa shape index (κ3) is 2.10. The molecule has 0 amide bonds. The van der Waals surface area contributed by atoms with Crippen molar-refractivity contribution in [3.63, 3.8) is 0 Å². The molecule has 0 fully saturated rings. The highest BCUT2D eigenvalue weighted by atomic mass is 16.1. The fraction of sp³-hybridized carbons (Fsp3) is 0.0588. The molecule has 0 unspecified atom stereocenters. The lowest BCUT2D eigenvalue weighted by Crippen LogP contribution is -2.16. The largest absolute Gasteiger partial charge is 0.384 e. The molecule has 3 N–H and O–H groups in total. The highest BCUT2D eigenvalue weighted by Gasteiger charge is 2.21. The summed E-state index contributed by atoms with van der Waals surface area (Å²) >= 11 is 0. The Morgan fingerprint density at radius 3 is 2.57 bits per heavy atom. The fourth-order valence-electron chi connectivity index (χ4n) is 2.69. The van der Waals surface area contributed by atoms with Gasteiger partial charge in [0.15, 0.2) is 0 Å². The Kier molecular flexibility index (Phi) is 3.29. The van der Waals surface area contributed by atoms with E-state index in [-0.39, 0.29) is 22.5 Å². The number of pyridine rings is 2. The number of aromatic amines is 1. The summed E-state index contributed by atoms with van der Waals surface area (Å²) in [7, 11) is 0. The van der Waals surface area contributed by atoms with Gasteiger partial charge in [0.2, 0.25) is 0 Å². The topological polar surface area (TPSA) is 119 Å². The molecule has 0 aliphatic heterocycles. The summed E-state index contributed by atoms with van der Waals surface area (Å²) in [5.41, 5.74) is 7.54.